The molecule has 1 rings (SSSR count). The van der Waals surface area contributed by atoms with Crippen LogP contribution in [0.5, 0.6) is 0 Å². The van der Waals surface area contributed by atoms with E-state index in [1.165, 1.54) is 77.0 Å². The molecule has 0 amide bonds. The molecule has 0 radical (unpaired) electrons. The molecule has 34 heavy (non-hydrogen) atoms. The lowest BCUT2D eigenvalue weighted by molar-refractivity contribution is -0.237. The summed E-state index contributed by atoms with van der Waals surface area (Å²) in [6.45, 7) is 2.58. The molecule has 1 unspecified atom stereocenters. The molecule has 202 valence electrons. The second-order valence-corrected chi connectivity index (χ2v) is 11.1. The monoisotopic (exact) mass is 509 g/mol. The topological polar surface area (TPSA) is 126 Å². The molecule has 9 nitrogen and oxygen atoms in total. The predicted molar refractivity (Wildman–Crippen MR) is 131 cm³/mol. The summed E-state index contributed by atoms with van der Waals surface area (Å²) in [5, 5.41) is 18.5. The number of hydrogen-bond acceptors (Lipinski definition) is 7. The zero-order valence-electron chi connectivity index (χ0n) is 21.1. The number of nitrogens with zero attached hydrogens (tertiary/aromatic N) is 1. The fourth-order valence-electron chi connectivity index (χ4n) is 4.28. The van der Waals surface area contributed by atoms with Crippen molar-refractivity contribution in [2.24, 2.45) is 0 Å². The van der Waals surface area contributed by atoms with Gasteiger partial charge in [0.2, 0.25) is 0 Å². The highest BCUT2D eigenvalue weighted by Crippen LogP contribution is 2.50. The van der Waals surface area contributed by atoms with Crippen LogP contribution in [0.15, 0.2) is 0 Å². The SMILES string of the molecule is CCCCCCCCCCCCCCCCOC[C@@H](O)COP(=O)(O)N1CCC[C@H]1C(=O)OO. The van der Waals surface area contributed by atoms with Gasteiger partial charge in [-0.25, -0.2) is 9.36 Å². The zero-order chi connectivity index (χ0) is 25.1. The van der Waals surface area contributed by atoms with Crippen LogP contribution in [0.3, 0.4) is 0 Å². The van der Waals surface area contributed by atoms with Gasteiger partial charge in [0.05, 0.1) is 13.2 Å². The Bertz CT molecular complexity index is 565. The summed E-state index contributed by atoms with van der Waals surface area (Å²) >= 11 is 0. The van der Waals surface area contributed by atoms with Crippen LogP contribution < -0.4 is 0 Å². The molecule has 1 heterocycles. The maximum absolute atomic E-state index is 12.4. The molecular formula is C24H48NO8P. The number of carbonyl (C=O) groups excluding carboxylic acids is 1. The molecule has 0 aliphatic carbocycles. The largest absolute Gasteiger partial charge is 0.406 e. The number of unbranched alkanes of at least 4 members (excludes halogenated alkanes) is 13. The first-order chi connectivity index (χ1) is 16.4. The van der Waals surface area contributed by atoms with Crippen molar-refractivity contribution in [3.05, 3.63) is 0 Å². The van der Waals surface area contributed by atoms with Crippen molar-refractivity contribution < 1.29 is 38.8 Å². The van der Waals surface area contributed by atoms with Gasteiger partial charge in [-0.3, -0.25) is 9.41 Å². The van der Waals surface area contributed by atoms with E-state index >= 15 is 0 Å². The van der Waals surface area contributed by atoms with Crippen molar-refractivity contribution in [1.29, 1.82) is 0 Å². The smallest absolute Gasteiger partial charge is 0.388 e. The summed E-state index contributed by atoms with van der Waals surface area (Å²) in [4.78, 5) is 25.3. The first-order valence-corrected chi connectivity index (χ1v) is 14.8. The molecule has 0 bridgehead atoms. The minimum atomic E-state index is -4.29. The lowest BCUT2D eigenvalue weighted by Gasteiger charge is -2.26. The highest BCUT2D eigenvalue weighted by atomic mass is 31.2. The Morgan fingerprint density at radius 1 is 0.941 bits per heavy atom. The van der Waals surface area contributed by atoms with Crippen molar-refractivity contribution in [1.82, 2.24) is 4.67 Å². The molecule has 10 heteroatoms. The van der Waals surface area contributed by atoms with E-state index in [1.54, 1.807) is 0 Å². The summed E-state index contributed by atoms with van der Waals surface area (Å²) in [6, 6.07) is -1.03. The summed E-state index contributed by atoms with van der Waals surface area (Å²) in [5.41, 5.74) is 0. The van der Waals surface area contributed by atoms with Gasteiger partial charge in [0, 0.05) is 13.2 Å². The summed E-state index contributed by atoms with van der Waals surface area (Å²) in [5.74, 6) is -0.993. The van der Waals surface area contributed by atoms with Gasteiger partial charge in [-0.2, -0.15) is 9.93 Å². The van der Waals surface area contributed by atoms with Crippen LogP contribution in [0, 0.1) is 0 Å². The fraction of sp³-hybridized carbons (Fsp3) is 0.958. The summed E-state index contributed by atoms with van der Waals surface area (Å²) in [7, 11) is -4.29. The van der Waals surface area contributed by atoms with Gasteiger partial charge in [0.1, 0.15) is 12.1 Å². The van der Waals surface area contributed by atoms with Crippen LogP contribution >= 0.6 is 7.75 Å². The number of rotatable bonds is 22. The Morgan fingerprint density at radius 2 is 1.47 bits per heavy atom. The van der Waals surface area contributed by atoms with Crippen molar-refractivity contribution >= 4 is 13.7 Å². The van der Waals surface area contributed by atoms with E-state index in [2.05, 4.69) is 11.8 Å². The van der Waals surface area contributed by atoms with E-state index in [1.807, 2.05) is 0 Å². The first-order valence-electron chi connectivity index (χ1n) is 13.3. The van der Waals surface area contributed by atoms with E-state index in [0.29, 0.717) is 13.0 Å². The first kappa shape index (κ1) is 31.5. The average molecular weight is 510 g/mol. The van der Waals surface area contributed by atoms with Crippen LogP contribution in [0.4, 0.5) is 0 Å². The Kier molecular flexibility index (Phi) is 18.2. The third kappa shape index (κ3) is 14.1. The summed E-state index contributed by atoms with van der Waals surface area (Å²) < 4.78 is 23.8. The molecule has 1 aliphatic heterocycles. The van der Waals surface area contributed by atoms with Crippen molar-refractivity contribution in [2.45, 2.75) is 122 Å². The highest BCUT2D eigenvalue weighted by Gasteiger charge is 2.44. The third-order valence-electron chi connectivity index (χ3n) is 6.30. The standard InChI is InChI=1S/C24H48NO8P/c1-2-3-4-5-6-7-8-9-10-11-12-13-14-15-19-31-20-22(26)21-32-34(29,30)25-18-16-17-23(25)24(27)33-28/h22-23,26,28H,2-21H2,1H3,(H,29,30)/t22-,23+/m1/s1. The zero-order valence-corrected chi connectivity index (χ0v) is 22.0. The number of aliphatic hydroxyl groups is 1. The molecule has 3 N–H and O–H groups in total. The number of hydrogen-bond donors (Lipinski definition) is 3. The Balaban J connectivity index is 1.95. The maximum Gasteiger partial charge on any atom is 0.406 e. The van der Waals surface area contributed by atoms with Crippen LogP contribution in [-0.2, 0) is 23.5 Å². The molecule has 0 saturated carbocycles. The Morgan fingerprint density at radius 3 is 2.00 bits per heavy atom. The van der Waals surface area contributed by atoms with Crippen LogP contribution in [-0.4, -0.2) is 64.4 Å². The van der Waals surface area contributed by atoms with Crippen molar-refractivity contribution in [3.8, 4) is 0 Å². The van der Waals surface area contributed by atoms with E-state index in [4.69, 9.17) is 14.5 Å². The van der Waals surface area contributed by atoms with E-state index in [-0.39, 0.29) is 26.2 Å². The van der Waals surface area contributed by atoms with E-state index < -0.39 is 25.9 Å². The minimum Gasteiger partial charge on any atom is -0.388 e. The molecule has 1 fully saturated rings. The third-order valence-corrected chi connectivity index (χ3v) is 7.91. The van der Waals surface area contributed by atoms with E-state index in [0.717, 1.165) is 17.5 Å². The molecular weight excluding hydrogens is 461 g/mol. The minimum absolute atomic E-state index is 0.0144. The lowest BCUT2D eigenvalue weighted by atomic mass is 10.0. The second kappa shape index (κ2) is 19.6. The predicted octanol–water partition coefficient (Wildman–Crippen LogP) is 5.44. The number of ether oxygens (including phenoxy) is 1. The molecule has 3 atom stereocenters. The van der Waals surface area contributed by atoms with Gasteiger partial charge < -0.3 is 14.7 Å². The second-order valence-electron chi connectivity index (χ2n) is 9.34. The van der Waals surface area contributed by atoms with Crippen LogP contribution in [0.25, 0.3) is 0 Å². The fourth-order valence-corrected chi connectivity index (χ4v) is 5.75. The normalized spacial score (nSPS) is 19.2. The molecule has 0 aromatic rings. The highest BCUT2D eigenvalue weighted by molar-refractivity contribution is 7.50. The lowest BCUT2D eigenvalue weighted by Crippen LogP contribution is -2.36. The van der Waals surface area contributed by atoms with Crippen molar-refractivity contribution in [3.63, 3.8) is 0 Å². The van der Waals surface area contributed by atoms with Gasteiger partial charge >= 0.3 is 13.7 Å². The maximum atomic E-state index is 12.4. The molecule has 0 aromatic carbocycles. The number of carbonyl (C=O) groups is 1. The molecule has 0 spiro atoms. The Labute approximate surface area is 205 Å². The molecule has 0 aromatic heterocycles. The quantitative estimate of drug-likeness (QED) is 0.0756. The number of aliphatic hydroxyl groups excluding tert-OH is 1. The molecule has 1 aliphatic rings. The summed E-state index contributed by atoms with van der Waals surface area (Å²) in [6.07, 6.45) is 17.8. The van der Waals surface area contributed by atoms with Gasteiger partial charge in [-0.15, -0.1) is 0 Å². The van der Waals surface area contributed by atoms with Crippen molar-refractivity contribution in [2.75, 3.05) is 26.4 Å². The van der Waals surface area contributed by atoms with Gasteiger partial charge in [0.25, 0.3) is 0 Å². The van der Waals surface area contributed by atoms with E-state index in [9.17, 15) is 19.4 Å². The molecule has 1 saturated heterocycles. The van der Waals surface area contributed by atoms with Gasteiger partial charge in [-0.1, -0.05) is 90.4 Å². The van der Waals surface area contributed by atoms with Gasteiger partial charge in [0.15, 0.2) is 0 Å². The van der Waals surface area contributed by atoms with Crippen LogP contribution in [0.1, 0.15) is 110 Å². The average Bonchev–Trinajstić information content (AvgIpc) is 3.33. The Hall–Kier alpha value is -0.540. The van der Waals surface area contributed by atoms with Gasteiger partial charge in [-0.05, 0) is 19.3 Å². The van der Waals surface area contributed by atoms with Crippen LogP contribution in [0.2, 0.25) is 0 Å².